The monoisotopic (exact) mass is 208 g/mol. The Bertz CT molecular complexity index is 358. The van der Waals surface area contributed by atoms with Crippen LogP contribution < -0.4 is 4.74 Å². The van der Waals surface area contributed by atoms with Gasteiger partial charge in [0.15, 0.2) is 6.10 Å². The number of rotatable bonds is 3. The average molecular weight is 208 g/mol. The molecule has 0 amide bonds. The molecular formula is C12H16O3. The van der Waals surface area contributed by atoms with E-state index in [0.29, 0.717) is 0 Å². The van der Waals surface area contributed by atoms with Crippen LogP contribution in [0.15, 0.2) is 18.2 Å². The SMILES string of the molecule is COC(=O)C(C)Oc1cccc(C)c1C. The second kappa shape index (κ2) is 4.82. The molecule has 0 saturated heterocycles. The van der Waals surface area contributed by atoms with E-state index >= 15 is 0 Å². The lowest BCUT2D eigenvalue weighted by atomic mass is 10.1. The van der Waals surface area contributed by atoms with Gasteiger partial charge in [-0.3, -0.25) is 0 Å². The van der Waals surface area contributed by atoms with Gasteiger partial charge in [0, 0.05) is 0 Å². The average Bonchev–Trinajstić information content (AvgIpc) is 2.23. The van der Waals surface area contributed by atoms with E-state index < -0.39 is 6.10 Å². The van der Waals surface area contributed by atoms with Crippen molar-refractivity contribution in [3.63, 3.8) is 0 Å². The zero-order valence-corrected chi connectivity index (χ0v) is 9.53. The topological polar surface area (TPSA) is 35.5 Å². The summed E-state index contributed by atoms with van der Waals surface area (Å²) < 4.78 is 10.1. The molecule has 1 unspecified atom stereocenters. The maximum absolute atomic E-state index is 11.2. The van der Waals surface area contributed by atoms with Gasteiger partial charge in [0.05, 0.1) is 7.11 Å². The minimum atomic E-state index is -0.574. The molecule has 0 spiro atoms. The molecule has 0 aliphatic carbocycles. The van der Waals surface area contributed by atoms with Gasteiger partial charge in [-0.25, -0.2) is 4.79 Å². The molecule has 0 heterocycles. The molecule has 0 N–H and O–H groups in total. The van der Waals surface area contributed by atoms with E-state index in [1.54, 1.807) is 6.92 Å². The summed E-state index contributed by atoms with van der Waals surface area (Å²) >= 11 is 0. The Morgan fingerprint density at radius 1 is 1.33 bits per heavy atom. The van der Waals surface area contributed by atoms with Crippen LogP contribution in [-0.4, -0.2) is 19.2 Å². The molecule has 1 atom stereocenters. The Labute approximate surface area is 90.0 Å². The first-order valence-electron chi connectivity index (χ1n) is 4.87. The Morgan fingerprint density at radius 3 is 2.60 bits per heavy atom. The standard InChI is InChI=1S/C12H16O3/c1-8-6-5-7-11(9(8)2)15-10(3)12(13)14-4/h5-7,10H,1-4H3. The molecular weight excluding hydrogens is 192 g/mol. The second-order valence-corrected chi connectivity index (χ2v) is 3.48. The molecule has 0 aliphatic rings. The summed E-state index contributed by atoms with van der Waals surface area (Å²) in [6.45, 7) is 5.65. The molecule has 1 rings (SSSR count). The lowest BCUT2D eigenvalue weighted by Crippen LogP contribution is -2.25. The zero-order valence-electron chi connectivity index (χ0n) is 9.53. The van der Waals surface area contributed by atoms with E-state index in [1.165, 1.54) is 7.11 Å². The molecule has 0 radical (unpaired) electrons. The van der Waals surface area contributed by atoms with E-state index in [0.717, 1.165) is 16.9 Å². The first-order valence-corrected chi connectivity index (χ1v) is 4.87. The van der Waals surface area contributed by atoms with Gasteiger partial charge >= 0.3 is 5.97 Å². The molecule has 0 fully saturated rings. The summed E-state index contributed by atoms with van der Waals surface area (Å²) in [4.78, 5) is 11.2. The Morgan fingerprint density at radius 2 is 2.00 bits per heavy atom. The number of hydrogen-bond acceptors (Lipinski definition) is 3. The molecule has 15 heavy (non-hydrogen) atoms. The molecule has 1 aromatic rings. The fraction of sp³-hybridized carbons (Fsp3) is 0.417. The van der Waals surface area contributed by atoms with Crippen molar-refractivity contribution in [1.29, 1.82) is 0 Å². The third-order valence-electron chi connectivity index (χ3n) is 2.39. The number of hydrogen-bond donors (Lipinski definition) is 0. The van der Waals surface area contributed by atoms with Crippen molar-refractivity contribution in [2.45, 2.75) is 26.9 Å². The highest BCUT2D eigenvalue weighted by Crippen LogP contribution is 2.21. The van der Waals surface area contributed by atoms with Crippen LogP contribution in [0, 0.1) is 13.8 Å². The van der Waals surface area contributed by atoms with Gasteiger partial charge in [0.25, 0.3) is 0 Å². The van der Waals surface area contributed by atoms with E-state index in [1.807, 2.05) is 32.0 Å². The van der Waals surface area contributed by atoms with Crippen molar-refractivity contribution in [3.05, 3.63) is 29.3 Å². The smallest absolute Gasteiger partial charge is 0.346 e. The highest BCUT2D eigenvalue weighted by Gasteiger charge is 2.15. The van der Waals surface area contributed by atoms with Gasteiger partial charge in [0.1, 0.15) is 5.75 Å². The zero-order chi connectivity index (χ0) is 11.4. The number of ether oxygens (including phenoxy) is 2. The third-order valence-corrected chi connectivity index (χ3v) is 2.39. The molecule has 1 aromatic carbocycles. The maximum Gasteiger partial charge on any atom is 0.346 e. The van der Waals surface area contributed by atoms with Crippen molar-refractivity contribution >= 4 is 5.97 Å². The first kappa shape index (κ1) is 11.6. The summed E-state index contributed by atoms with van der Waals surface area (Å²) in [5, 5.41) is 0. The lowest BCUT2D eigenvalue weighted by Gasteiger charge is -2.15. The second-order valence-electron chi connectivity index (χ2n) is 3.48. The highest BCUT2D eigenvalue weighted by atomic mass is 16.6. The highest BCUT2D eigenvalue weighted by molar-refractivity contribution is 5.74. The molecule has 0 saturated carbocycles. The van der Waals surface area contributed by atoms with Gasteiger partial charge in [-0.2, -0.15) is 0 Å². The van der Waals surface area contributed by atoms with Crippen molar-refractivity contribution in [1.82, 2.24) is 0 Å². The predicted octanol–water partition coefficient (Wildman–Crippen LogP) is 2.24. The molecule has 82 valence electrons. The third kappa shape index (κ3) is 2.72. The van der Waals surface area contributed by atoms with Crippen LogP contribution in [0.3, 0.4) is 0 Å². The number of aryl methyl sites for hydroxylation is 1. The van der Waals surface area contributed by atoms with Crippen LogP contribution >= 0.6 is 0 Å². The van der Waals surface area contributed by atoms with E-state index in [4.69, 9.17) is 4.74 Å². The van der Waals surface area contributed by atoms with Gasteiger partial charge < -0.3 is 9.47 Å². The molecule has 3 heteroatoms. The largest absolute Gasteiger partial charge is 0.479 e. The predicted molar refractivity (Wildman–Crippen MR) is 58.0 cm³/mol. The van der Waals surface area contributed by atoms with Crippen molar-refractivity contribution in [2.75, 3.05) is 7.11 Å². The number of methoxy groups -OCH3 is 1. The minimum Gasteiger partial charge on any atom is -0.479 e. The molecule has 0 aromatic heterocycles. The maximum atomic E-state index is 11.2. The Hall–Kier alpha value is -1.51. The summed E-state index contributed by atoms with van der Waals surface area (Å²) in [5.74, 6) is 0.365. The molecule has 0 bridgehead atoms. The number of carbonyl (C=O) groups is 1. The van der Waals surface area contributed by atoms with Crippen LogP contribution in [0.2, 0.25) is 0 Å². The van der Waals surface area contributed by atoms with E-state index in [9.17, 15) is 4.79 Å². The Kier molecular flexibility index (Phi) is 3.72. The Balaban J connectivity index is 2.81. The van der Waals surface area contributed by atoms with E-state index in [2.05, 4.69) is 4.74 Å². The van der Waals surface area contributed by atoms with E-state index in [-0.39, 0.29) is 5.97 Å². The van der Waals surface area contributed by atoms with Crippen LogP contribution in [0.25, 0.3) is 0 Å². The summed E-state index contributed by atoms with van der Waals surface area (Å²) in [6, 6.07) is 5.76. The summed E-state index contributed by atoms with van der Waals surface area (Å²) in [6.07, 6.45) is -0.574. The summed E-state index contributed by atoms with van der Waals surface area (Å²) in [5.41, 5.74) is 2.19. The minimum absolute atomic E-state index is 0.365. The van der Waals surface area contributed by atoms with Crippen LogP contribution in [0.5, 0.6) is 5.75 Å². The molecule has 0 aliphatic heterocycles. The van der Waals surface area contributed by atoms with Crippen molar-refractivity contribution in [3.8, 4) is 5.75 Å². The fourth-order valence-corrected chi connectivity index (χ4v) is 1.26. The molecule has 3 nitrogen and oxygen atoms in total. The van der Waals surface area contributed by atoms with Gasteiger partial charge in [-0.15, -0.1) is 0 Å². The van der Waals surface area contributed by atoms with Gasteiger partial charge in [0.2, 0.25) is 0 Å². The van der Waals surface area contributed by atoms with Crippen LogP contribution in [0.1, 0.15) is 18.1 Å². The van der Waals surface area contributed by atoms with Gasteiger partial charge in [-0.1, -0.05) is 12.1 Å². The quantitative estimate of drug-likeness (QED) is 0.715. The van der Waals surface area contributed by atoms with Crippen LogP contribution in [0.4, 0.5) is 0 Å². The normalized spacial score (nSPS) is 12.0. The van der Waals surface area contributed by atoms with Crippen molar-refractivity contribution < 1.29 is 14.3 Å². The number of carbonyl (C=O) groups excluding carboxylic acids is 1. The van der Waals surface area contributed by atoms with Gasteiger partial charge in [-0.05, 0) is 38.0 Å². The number of benzene rings is 1. The fourth-order valence-electron chi connectivity index (χ4n) is 1.26. The van der Waals surface area contributed by atoms with Crippen LogP contribution in [-0.2, 0) is 9.53 Å². The first-order chi connectivity index (χ1) is 7.06. The summed E-state index contributed by atoms with van der Waals surface area (Å²) in [7, 11) is 1.35. The number of esters is 1. The van der Waals surface area contributed by atoms with Crippen molar-refractivity contribution in [2.24, 2.45) is 0 Å². The lowest BCUT2D eigenvalue weighted by molar-refractivity contribution is -0.147.